The number of ether oxygens (including phenoxy) is 1. The lowest BCUT2D eigenvalue weighted by Gasteiger charge is -2.26. The van der Waals surface area contributed by atoms with Crippen molar-refractivity contribution in [2.45, 2.75) is 32.1 Å². The molecule has 30 heavy (non-hydrogen) atoms. The molecule has 3 heterocycles. The van der Waals surface area contributed by atoms with E-state index in [1.54, 1.807) is 11.1 Å². The van der Waals surface area contributed by atoms with Crippen LogP contribution in [0.25, 0.3) is 0 Å². The first-order chi connectivity index (χ1) is 14.3. The van der Waals surface area contributed by atoms with Gasteiger partial charge in [-0.05, 0) is 24.1 Å². The van der Waals surface area contributed by atoms with E-state index in [-0.39, 0.29) is 23.8 Å². The Morgan fingerprint density at radius 1 is 1.20 bits per heavy atom. The molecule has 1 aromatic carbocycles. The third-order valence-corrected chi connectivity index (χ3v) is 5.58. The van der Waals surface area contributed by atoms with Crippen molar-refractivity contribution >= 4 is 23.5 Å². The highest BCUT2D eigenvalue weighted by atomic mass is 35.5. The molecule has 1 amide bonds. The van der Waals surface area contributed by atoms with Crippen molar-refractivity contribution in [3.8, 4) is 0 Å². The first-order valence-electron chi connectivity index (χ1n) is 9.62. The molecular formula is C20H20ClF3N4O2. The Labute approximate surface area is 176 Å². The van der Waals surface area contributed by atoms with Gasteiger partial charge < -0.3 is 14.5 Å². The van der Waals surface area contributed by atoms with Gasteiger partial charge in [0, 0.05) is 37.8 Å². The Balaban J connectivity index is 1.38. The number of amides is 1. The van der Waals surface area contributed by atoms with Gasteiger partial charge >= 0.3 is 6.18 Å². The summed E-state index contributed by atoms with van der Waals surface area (Å²) < 4.78 is 44.4. The fourth-order valence-corrected chi connectivity index (χ4v) is 3.81. The first-order valence-corrected chi connectivity index (χ1v) is 10.00. The van der Waals surface area contributed by atoms with Crippen molar-refractivity contribution in [1.82, 2.24) is 14.9 Å². The number of aromatic nitrogens is 2. The smallest absolute Gasteiger partial charge is 0.378 e. The number of nitrogens with zero attached hydrogens (tertiary/aromatic N) is 4. The largest absolute Gasteiger partial charge is 0.417 e. The molecule has 1 aromatic heterocycles. The highest BCUT2D eigenvalue weighted by molar-refractivity contribution is 6.31. The molecule has 0 aliphatic carbocycles. The van der Waals surface area contributed by atoms with Crippen LogP contribution in [0.2, 0.25) is 5.02 Å². The van der Waals surface area contributed by atoms with Gasteiger partial charge in [-0.25, -0.2) is 9.97 Å². The van der Waals surface area contributed by atoms with Crippen LogP contribution in [0.15, 0.2) is 24.4 Å². The van der Waals surface area contributed by atoms with E-state index in [1.807, 2.05) is 4.90 Å². The van der Waals surface area contributed by atoms with Crippen LogP contribution in [0.5, 0.6) is 0 Å². The number of anilines is 1. The van der Waals surface area contributed by atoms with E-state index < -0.39 is 11.7 Å². The number of benzene rings is 1. The predicted octanol–water partition coefficient (Wildman–Crippen LogP) is 3.46. The van der Waals surface area contributed by atoms with E-state index in [0.29, 0.717) is 37.8 Å². The summed E-state index contributed by atoms with van der Waals surface area (Å²) in [6.45, 7) is 3.50. The summed E-state index contributed by atoms with van der Waals surface area (Å²) in [6.07, 6.45) is -2.47. The fourth-order valence-electron chi connectivity index (χ4n) is 3.59. The van der Waals surface area contributed by atoms with Crippen LogP contribution in [-0.4, -0.2) is 47.1 Å². The molecule has 160 valence electrons. The molecule has 4 rings (SSSR count). The highest BCUT2D eigenvalue weighted by Gasteiger charge is 2.33. The Morgan fingerprint density at radius 3 is 2.70 bits per heavy atom. The summed E-state index contributed by atoms with van der Waals surface area (Å²) >= 11 is 5.65. The van der Waals surface area contributed by atoms with Gasteiger partial charge in [0.1, 0.15) is 0 Å². The molecule has 6 nitrogen and oxygen atoms in total. The zero-order chi connectivity index (χ0) is 21.3. The molecule has 10 heteroatoms. The van der Waals surface area contributed by atoms with Crippen LogP contribution in [0.4, 0.5) is 19.1 Å². The van der Waals surface area contributed by atoms with Crippen LogP contribution in [0.3, 0.4) is 0 Å². The molecular weight excluding hydrogens is 421 g/mol. The van der Waals surface area contributed by atoms with Crippen LogP contribution in [-0.2, 0) is 35.2 Å². The van der Waals surface area contributed by atoms with Crippen molar-refractivity contribution < 1.29 is 22.7 Å². The molecule has 1 saturated heterocycles. The van der Waals surface area contributed by atoms with Crippen molar-refractivity contribution in [3.63, 3.8) is 0 Å². The number of fused-ring (bicyclic) bond motifs is 1. The number of carbonyl (C=O) groups is 1. The van der Waals surface area contributed by atoms with Crippen molar-refractivity contribution in [3.05, 3.63) is 51.8 Å². The van der Waals surface area contributed by atoms with Gasteiger partial charge in [-0.1, -0.05) is 17.7 Å². The SMILES string of the molecule is O=C(CCc1ccc(Cl)c(C(F)(F)F)c1)N1Cc2cnc(N3CCOCC3)nc2C1. The molecule has 2 aliphatic rings. The average molecular weight is 441 g/mol. The minimum absolute atomic E-state index is 0.108. The van der Waals surface area contributed by atoms with Gasteiger partial charge in [-0.3, -0.25) is 4.79 Å². The maximum atomic E-state index is 13.0. The standard InChI is InChI=1S/C20H20ClF3N4O2/c21-16-3-1-13(9-15(16)20(22,23)24)2-4-18(29)28-11-14-10-25-19(26-17(14)12-28)27-5-7-30-8-6-27/h1,3,9-10H,2,4-8,11-12H2. The van der Waals surface area contributed by atoms with E-state index in [0.717, 1.165) is 30.4 Å². The maximum Gasteiger partial charge on any atom is 0.417 e. The summed E-state index contributed by atoms with van der Waals surface area (Å²) in [5.74, 6) is 0.497. The minimum Gasteiger partial charge on any atom is -0.378 e. The summed E-state index contributed by atoms with van der Waals surface area (Å²) in [7, 11) is 0. The summed E-state index contributed by atoms with van der Waals surface area (Å²) in [5.41, 5.74) is 1.25. The third-order valence-electron chi connectivity index (χ3n) is 5.25. The van der Waals surface area contributed by atoms with E-state index in [9.17, 15) is 18.0 Å². The Kier molecular flexibility index (Phi) is 5.84. The van der Waals surface area contributed by atoms with E-state index in [4.69, 9.17) is 16.3 Å². The molecule has 1 fully saturated rings. The van der Waals surface area contributed by atoms with Crippen LogP contribution >= 0.6 is 11.6 Å². The third kappa shape index (κ3) is 4.52. The van der Waals surface area contributed by atoms with E-state index >= 15 is 0 Å². The zero-order valence-electron chi connectivity index (χ0n) is 16.1. The number of morpholine rings is 1. The number of hydrogen-bond acceptors (Lipinski definition) is 5. The second-order valence-corrected chi connectivity index (χ2v) is 7.71. The van der Waals surface area contributed by atoms with Crippen LogP contribution < -0.4 is 4.90 Å². The number of hydrogen-bond donors (Lipinski definition) is 0. The fraction of sp³-hybridized carbons (Fsp3) is 0.450. The van der Waals surface area contributed by atoms with Gasteiger partial charge in [0.05, 0.1) is 36.0 Å². The van der Waals surface area contributed by atoms with Crippen LogP contribution in [0, 0.1) is 0 Å². The lowest BCUT2D eigenvalue weighted by atomic mass is 10.1. The highest BCUT2D eigenvalue weighted by Crippen LogP contribution is 2.35. The lowest BCUT2D eigenvalue weighted by molar-refractivity contribution is -0.137. The number of aryl methyl sites for hydroxylation is 1. The first kappa shape index (κ1) is 20.9. The molecule has 0 saturated carbocycles. The van der Waals surface area contributed by atoms with Crippen molar-refractivity contribution in [2.24, 2.45) is 0 Å². The quantitative estimate of drug-likeness (QED) is 0.728. The van der Waals surface area contributed by atoms with Gasteiger partial charge in [0.15, 0.2) is 0 Å². The lowest BCUT2D eigenvalue weighted by Crippen LogP contribution is -2.37. The molecule has 0 bridgehead atoms. The zero-order valence-corrected chi connectivity index (χ0v) is 16.8. The number of rotatable bonds is 4. The summed E-state index contributed by atoms with van der Waals surface area (Å²) in [6, 6.07) is 3.75. The van der Waals surface area contributed by atoms with E-state index in [1.165, 1.54) is 12.1 Å². The molecule has 0 radical (unpaired) electrons. The monoisotopic (exact) mass is 440 g/mol. The summed E-state index contributed by atoms with van der Waals surface area (Å²) in [4.78, 5) is 25.3. The predicted molar refractivity (Wildman–Crippen MR) is 104 cm³/mol. The minimum atomic E-state index is -4.52. The van der Waals surface area contributed by atoms with Gasteiger partial charge in [-0.15, -0.1) is 0 Å². The molecule has 2 aromatic rings. The Bertz CT molecular complexity index is 948. The molecule has 0 spiro atoms. The molecule has 0 unspecified atom stereocenters. The topological polar surface area (TPSA) is 58.6 Å². The van der Waals surface area contributed by atoms with Crippen molar-refractivity contribution in [1.29, 1.82) is 0 Å². The number of halogens is 4. The van der Waals surface area contributed by atoms with Gasteiger partial charge in [0.2, 0.25) is 11.9 Å². The number of alkyl halides is 3. The van der Waals surface area contributed by atoms with Gasteiger partial charge in [-0.2, -0.15) is 13.2 Å². The van der Waals surface area contributed by atoms with Crippen LogP contribution in [0.1, 0.15) is 28.8 Å². The summed E-state index contributed by atoms with van der Waals surface area (Å²) in [5, 5.41) is -0.345. The number of carbonyl (C=O) groups excluding carboxylic acids is 1. The van der Waals surface area contributed by atoms with Crippen molar-refractivity contribution in [2.75, 3.05) is 31.2 Å². The maximum absolute atomic E-state index is 13.0. The second kappa shape index (κ2) is 8.39. The second-order valence-electron chi connectivity index (χ2n) is 7.30. The van der Waals surface area contributed by atoms with E-state index in [2.05, 4.69) is 9.97 Å². The Hall–Kier alpha value is -2.39. The van der Waals surface area contributed by atoms with Gasteiger partial charge in [0.25, 0.3) is 0 Å². The Morgan fingerprint density at radius 2 is 1.97 bits per heavy atom. The molecule has 0 N–H and O–H groups in total. The molecule has 2 aliphatic heterocycles. The normalized spacial score (nSPS) is 16.7. The molecule has 0 atom stereocenters. The average Bonchev–Trinajstić information content (AvgIpc) is 3.16.